The first-order valence-electron chi connectivity index (χ1n) is 7.91. The van der Waals surface area contributed by atoms with Gasteiger partial charge in [-0.25, -0.2) is 4.79 Å². The summed E-state index contributed by atoms with van der Waals surface area (Å²) in [6.45, 7) is 2.34. The highest BCUT2D eigenvalue weighted by atomic mass is 35.5. The maximum Gasteiger partial charge on any atom is 0.318 e. The van der Waals surface area contributed by atoms with Gasteiger partial charge >= 0.3 is 6.03 Å². The summed E-state index contributed by atoms with van der Waals surface area (Å²) in [6, 6.07) is 11.8. The van der Waals surface area contributed by atoms with Crippen LogP contribution >= 0.6 is 34.8 Å². The van der Waals surface area contributed by atoms with Gasteiger partial charge in [0.2, 0.25) is 5.91 Å². The number of nitrogens with zero attached hydrogens (tertiary/aromatic N) is 1. The van der Waals surface area contributed by atoms with Crippen LogP contribution in [0.3, 0.4) is 0 Å². The Bertz CT molecular complexity index is 779. The highest BCUT2D eigenvalue weighted by Gasteiger charge is 2.17. The van der Waals surface area contributed by atoms with Gasteiger partial charge < -0.3 is 15.5 Å². The lowest BCUT2D eigenvalue weighted by Crippen LogP contribution is -2.43. The van der Waals surface area contributed by atoms with Crippen LogP contribution in [0.5, 0.6) is 0 Å². The molecule has 0 radical (unpaired) electrons. The molecule has 2 N–H and O–H groups in total. The number of para-hydroxylation sites is 1. The Kier molecular flexibility index (Phi) is 7.57. The summed E-state index contributed by atoms with van der Waals surface area (Å²) < 4.78 is 0. The molecule has 138 valence electrons. The molecule has 5 nitrogen and oxygen atoms in total. The Balaban J connectivity index is 1.93. The molecule has 0 atom stereocenters. The zero-order valence-electron chi connectivity index (χ0n) is 14.1. The van der Waals surface area contributed by atoms with Gasteiger partial charge in [0, 0.05) is 18.1 Å². The summed E-state index contributed by atoms with van der Waals surface area (Å²) in [5.74, 6) is -0.389. The van der Waals surface area contributed by atoms with Crippen LogP contribution in [0.2, 0.25) is 15.1 Å². The van der Waals surface area contributed by atoms with E-state index < -0.39 is 0 Å². The summed E-state index contributed by atoms with van der Waals surface area (Å²) in [5, 5.41) is 6.67. The van der Waals surface area contributed by atoms with E-state index in [0.29, 0.717) is 33.8 Å². The number of rotatable bonds is 6. The van der Waals surface area contributed by atoms with Crippen LogP contribution in [0, 0.1) is 0 Å². The van der Waals surface area contributed by atoms with Crippen molar-refractivity contribution >= 4 is 52.4 Å². The van der Waals surface area contributed by atoms with E-state index in [2.05, 4.69) is 10.6 Å². The fraction of sp³-hybridized carbons (Fsp3) is 0.222. The molecule has 0 saturated carbocycles. The van der Waals surface area contributed by atoms with Crippen LogP contribution in [0.25, 0.3) is 0 Å². The third kappa shape index (κ3) is 5.80. The molecule has 0 bridgehead atoms. The standard InChI is InChI=1S/C18H18Cl3N3O2/c1-2-24(18(26)22-10-12-5-3-6-13(19)9-12)11-16(25)23-17-14(20)7-4-8-15(17)21/h3-9H,2,10-11H2,1H3,(H,22,26)(H,23,25). The number of halogens is 3. The molecule has 8 heteroatoms. The molecule has 2 rings (SSSR count). The molecule has 0 aliphatic heterocycles. The summed E-state index contributed by atoms with van der Waals surface area (Å²) >= 11 is 18.0. The predicted molar refractivity (Wildman–Crippen MR) is 106 cm³/mol. The number of nitrogens with one attached hydrogen (secondary N) is 2. The molecule has 0 saturated heterocycles. The quantitative estimate of drug-likeness (QED) is 0.712. The number of carbonyl (C=O) groups excluding carboxylic acids is 2. The van der Waals surface area contributed by atoms with Gasteiger partial charge in [-0.15, -0.1) is 0 Å². The summed E-state index contributed by atoms with van der Waals surface area (Å²) in [7, 11) is 0. The average molecular weight is 415 g/mol. The molecule has 0 aliphatic carbocycles. The summed E-state index contributed by atoms with van der Waals surface area (Å²) in [4.78, 5) is 25.9. The third-order valence-electron chi connectivity index (χ3n) is 3.56. The molecule has 0 fully saturated rings. The van der Waals surface area contributed by atoms with Gasteiger partial charge in [0.1, 0.15) is 6.54 Å². The van der Waals surface area contributed by atoms with Crippen molar-refractivity contribution in [3.8, 4) is 0 Å². The minimum Gasteiger partial charge on any atom is -0.334 e. The number of hydrogen-bond acceptors (Lipinski definition) is 2. The maximum absolute atomic E-state index is 12.3. The number of anilines is 1. The smallest absolute Gasteiger partial charge is 0.318 e. The van der Waals surface area contributed by atoms with Gasteiger partial charge in [-0.1, -0.05) is 53.0 Å². The van der Waals surface area contributed by atoms with Crippen molar-refractivity contribution in [1.82, 2.24) is 10.2 Å². The molecule has 3 amide bonds. The number of carbonyl (C=O) groups is 2. The van der Waals surface area contributed by atoms with E-state index in [1.165, 1.54) is 4.90 Å². The monoisotopic (exact) mass is 413 g/mol. The molecular formula is C18H18Cl3N3O2. The van der Waals surface area contributed by atoms with Crippen LogP contribution in [-0.2, 0) is 11.3 Å². The van der Waals surface area contributed by atoms with Crippen molar-refractivity contribution in [2.24, 2.45) is 0 Å². The van der Waals surface area contributed by atoms with Gasteiger partial charge in [0.15, 0.2) is 0 Å². The number of urea groups is 1. The van der Waals surface area contributed by atoms with Crippen molar-refractivity contribution < 1.29 is 9.59 Å². The maximum atomic E-state index is 12.3. The van der Waals surface area contributed by atoms with E-state index in [0.717, 1.165) is 5.56 Å². The van der Waals surface area contributed by atoms with E-state index >= 15 is 0 Å². The molecular weight excluding hydrogens is 397 g/mol. The minimum absolute atomic E-state index is 0.126. The first kappa shape index (κ1) is 20.4. The highest BCUT2D eigenvalue weighted by Crippen LogP contribution is 2.29. The van der Waals surface area contributed by atoms with Crippen LogP contribution < -0.4 is 10.6 Å². The van der Waals surface area contributed by atoms with Gasteiger partial charge in [0.25, 0.3) is 0 Å². The fourth-order valence-corrected chi connectivity index (χ4v) is 2.94. The van der Waals surface area contributed by atoms with Crippen molar-refractivity contribution in [3.05, 3.63) is 63.1 Å². The molecule has 0 aliphatic rings. The second kappa shape index (κ2) is 9.67. The van der Waals surface area contributed by atoms with Crippen LogP contribution in [0.1, 0.15) is 12.5 Å². The SMILES string of the molecule is CCN(CC(=O)Nc1c(Cl)cccc1Cl)C(=O)NCc1cccc(Cl)c1. The summed E-state index contributed by atoms with van der Waals surface area (Å²) in [5.41, 5.74) is 1.20. The highest BCUT2D eigenvalue weighted by molar-refractivity contribution is 6.39. The zero-order chi connectivity index (χ0) is 19.1. The predicted octanol–water partition coefficient (Wildman–Crippen LogP) is 4.82. The molecule has 2 aromatic carbocycles. The van der Waals surface area contributed by atoms with Gasteiger partial charge in [0.05, 0.1) is 15.7 Å². The molecule has 2 aromatic rings. The van der Waals surface area contributed by atoms with Crippen molar-refractivity contribution in [1.29, 1.82) is 0 Å². The largest absolute Gasteiger partial charge is 0.334 e. The van der Waals surface area contributed by atoms with E-state index in [4.69, 9.17) is 34.8 Å². The number of amides is 3. The summed E-state index contributed by atoms with van der Waals surface area (Å²) in [6.07, 6.45) is 0. The Morgan fingerprint density at radius 2 is 1.69 bits per heavy atom. The molecule has 0 unspecified atom stereocenters. The Labute approximate surface area is 167 Å². The van der Waals surface area contributed by atoms with Crippen molar-refractivity contribution in [3.63, 3.8) is 0 Å². The second-order valence-electron chi connectivity index (χ2n) is 5.45. The topological polar surface area (TPSA) is 61.4 Å². The lowest BCUT2D eigenvalue weighted by atomic mass is 10.2. The van der Waals surface area contributed by atoms with Crippen LogP contribution in [0.15, 0.2) is 42.5 Å². The number of benzene rings is 2. The van der Waals surface area contributed by atoms with Crippen LogP contribution in [0.4, 0.5) is 10.5 Å². The van der Waals surface area contributed by atoms with Crippen molar-refractivity contribution in [2.75, 3.05) is 18.4 Å². The van der Waals surface area contributed by atoms with E-state index in [1.807, 2.05) is 12.1 Å². The number of hydrogen-bond donors (Lipinski definition) is 2. The van der Waals surface area contributed by atoms with Gasteiger partial charge in [-0.05, 0) is 36.8 Å². The van der Waals surface area contributed by atoms with Crippen molar-refractivity contribution in [2.45, 2.75) is 13.5 Å². The van der Waals surface area contributed by atoms with E-state index in [9.17, 15) is 9.59 Å². The number of likely N-dealkylation sites (N-methyl/N-ethyl adjacent to an activating group) is 1. The Morgan fingerprint density at radius 3 is 2.31 bits per heavy atom. The lowest BCUT2D eigenvalue weighted by molar-refractivity contribution is -0.116. The molecule has 0 spiro atoms. The molecule has 0 heterocycles. The van der Waals surface area contributed by atoms with Gasteiger partial charge in [-0.3, -0.25) is 4.79 Å². The normalized spacial score (nSPS) is 10.3. The van der Waals surface area contributed by atoms with E-state index in [-0.39, 0.29) is 18.5 Å². The first-order chi connectivity index (χ1) is 12.4. The third-order valence-corrected chi connectivity index (χ3v) is 4.43. The van der Waals surface area contributed by atoms with Crippen LogP contribution in [-0.4, -0.2) is 29.9 Å². The van der Waals surface area contributed by atoms with E-state index in [1.54, 1.807) is 37.3 Å². The first-order valence-corrected chi connectivity index (χ1v) is 9.05. The molecule has 0 aromatic heterocycles. The zero-order valence-corrected chi connectivity index (χ0v) is 16.3. The lowest BCUT2D eigenvalue weighted by Gasteiger charge is -2.21. The minimum atomic E-state index is -0.389. The van der Waals surface area contributed by atoms with Gasteiger partial charge in [-0.2, -0.15) is 0 Å². The Morgan fingerprint density at radius 1 is 1.04 bits per heavy atom. The molecule has 26 heavy (non-hydrogen) atoms. The fourth-order valence-electron chi connectivity index (χ4n) is 2.23. The second-order valence-corrected chi connectivity index (χ2v) is 6.70. The average Bonchev–Trinajstić information content (AvgIpc) is 2.61. The Hall–Kier alpha value is -1.95.